The Morgan fingerprint density at radius 3 is 2.26 bits per heavy atom. The molecule has 2 atom stereocenters. The van der Waals surface area contributed by atoms with E-state index in [1.54, 1.807) is 13.8 Å². The summed E-state index contributed by atoms with van der Waals surface area (Å²) in [6.07, 6.45) is 7.12. The summed E-state index contributed by atoms with van der Waals surface area (Å²) >= 11 is 0. The first-order valence-electron chi connectivity index (χ1n) is 8.26. The number of carbonyl (C=O) groups is 2. The fourth-order valence-electron chi connectivity index (χ4n) is 3.43. The Morgan fingerprint density at radius 1 is 1.26 bits per heavy atom. The summed E-state index contributed by atoms with van der Waals surface area (Å²) in [5.41, 5.74) is -1.98. The van der Waals surface area contributed by atoms with Crippen LogP contribution in [0.1, 0.15) is 52.9 Å². The van der Waals surface area contributed by atoms with Gasteiger partial charge < -0.3 is 14.6 Å². The summed E-state index contributed by atoms with van der Waals surface area (Å²) in [6.45, 7) is 5.62. The second kappa shape index (κ2) is 7.95. The number of methoxy groups -OCH3 is 2. The quantitative estimate of drug-likeness (QED) is 0.461. The van der Waals surface area contributed by atoms with E-state index in [4.69, 9.17) is 9.47 Å². The molecule has 23 heavy (non-hydrogen) atoms. The third kappa shape index (κ3) is 4.80. The van der Waals surface area contributed by atoms with Crippen LogP contribution < -0.4 is 0 Å². The molecule has 0 heterocycles. The molecule has 5 nitrogen and oxygen atoms in total. The highest BCUT2D eigenvalue weighted by atomic mass is 16.5. The van der Waals surface area contributed by atoms with E-state index in [1.165, 1.54) is 14.2 Å². The smallest absolute Gasteiger partial charge is 0.323 e. The predicted molar refractivity (Wildman–Crippen MR) is 87.6 cm³/mol. The van der Waals surface area contributed by atoms with Crippen molar-refractivity contribution in [1.82, 2.24) is 0 Å². The molecule has 0 bridgehead atoms. The lowest BCUT2D eigenvalue weighted by atomic mass is 9.64. The predicted octanol–water partition coefficient (Wildman–Crippen LogP) is 2.86. The van der Waals surface area contributed by atoms with Gasteiger partial charge in [-0.15, -0.1) is 0 Å². The maximum absolute atomic E-state index is 12.3. The molecule has 0 aromatic carbocycles. The van der Waals surface area contributed by atoms with Crippen LogP contribution in [0.5, 0.6) is 0 Å². The molecule has 132 valence electrons. The van der Waals surface area contributed by atoms with E-state index in [1.807, 2.05) is 12.2 Å². The standard InChI is InChI=1S/C18H30O5/c1-6-13-9-11-18(15(19)22-4,16(20)23-5)12-14(13)8-7-10-17(2,3)21/h7-8,13-14,21H,6,9-12H2,1-5H3/b8-7+/t13-,14-/m1/s1. The monoisotopic (exact) mass is 326 g/mol. The Hall–Kier alpha value is -1.36. The molecule has 0 radical (unpaired) electrons. The zero-order chi connectivity index (χ0) is 17.7. The van der Waals surface area contributed by atoms with Crippen molar-refractivity contribution in [1.29, 1.82) is 0 Å². The molecule has 0 spiro atoms. The van der Waals surface area contributed by atoms with Gasteiger partial charge in [-0.05, 0) is 51.4 Å². The van der Waals surface area contributed by atoms with Crippen LogP contribution in [-0.4, -0.2) is 36.9 Å². The van der Waals surface area contributed by atoms with Crippen LogP contribution >= 0.6 is 0 Å². The maximum atomic E-state index is 12.3. The van der Waals surface area contributed by atoms with Gasteiger partial charge in [-0.2, -0.15) is 0 Å². The van der Waals surface area contributed by atoms with E-state index in [0.717, 1.165) is 12.8 Å². The minimum absolute atomic E-state index is 0.0919. The van der Waals surface area contributed by atoms with Crippen LogP contribution in [0.25, 0.3) is 0 Å². The van der Waals surface area contributed by atoms with E-state index >= 15 is 0 Å². The number of carbonyl (C=O) groups excluding carboxylic acids is 2. The fourth-order valence-corrected chi connectivity index (χ4v) is 3.43. The van der Waals surface area contributed by atoms with Gasteiger partial charge in [0.15, 0.2) is 5.41 Å². The van der Waals surface area contributed by atoms with Gasteiger partial charge in [0, 0.05) is 0 Å². The van der Waals surface area contributed by atoms with Crippen molar-refractivity contribution in [2.75, 3.05) is 14.2 Å². The second-order valence-electron chi connectivity index (χ2n) is 7.08. The van der Waals surface area contributed by atoms with Crippen LogP contribution in [0.4, 0.5) is 0 Å². The highest BCUT2D eigenvalue weighted by molar-refractivity contribution is 6.00. The molecule has 1 N–H and O–H groups in total. The Balaban J connectivity index is 3.02. The first-order chi connectivity index (χ1) is 10.7. The molecule has 1 fully saturated rings. The molecule has 0 amide bonds. The van der Waals surface area contributed by atoms with E-state index in [-0.39, 0.29) is 5.92 Å². The van der Waals surface area contributed by atoms with Crippen LogP contribution in [0.2, 0.25) is 0 Å². The molecule has 1 aliphatic carbocycles. The molecular formula is C18H30O5. The molecule has 0 saturated heterocycles. The molecule has 0 aromatic heterocycles. The van der Waals surface area contributed by atoms with Crippen molar-refractivity contribution < 1.29 is 24.2 Å². The Morgan fingerprint density at radius 2 is 1.83 bits per heavy atom. The number of rotatable bonds is 6. The lowest BCUT2D eigenvalue weighted by Crippen LogP contribution is -2.46. The molecule has 1 aliphatic rings. The molecule has 0 unspecified atom stereocenters. The van der Waals surface area contributed by atoms with Gasteiger partial charge in [0.1, 0.15) is 0 Å². The normalized spacial score (nSPS) is 24.4. The molecule has 1 rings (SSSR count). The number of allylic oxidation sites excluding steroid dienone is 1. The molecular weight excluding hydrogens is 296 g/mol. The summed E-state index contributed by atoms with van der Waals surface area (Å²) in [5, 5.41) is 9.83. The van der Waals surface area contributed by atoms with Gasteiger partial charge in [-0.3, -0.25) is 9.59 Å². The van der Waals surface area contributed by atoms with E-state index in [2.05, 4.69) is 6.92 Å². The topological polar surface area (TPSA) is 72.8 Å². The molecule has 5 heteroatoms. The number of hydrogen-bond donors (Lipinski definition) is 1. The minimum atomic E-state index is -1.21. The van der Waals surface area contributed by atoms with Crippen molar-refractivity contribution in [3.63, 3.8) is 0 Å². The van der Waals surface area contributed by atoms with Gasteiger partial charge in [0.2, 0.25) is 0 Å². The largest absolute Gasteiger partial charge is 0.468 e. The third-order valence-corrected chi connectivity index (χ3v) is 4.81. The van der Waals surface area contributed by atoms with Crippen LogP contribution in [0, 0.1) is 17.3 Å². The number of hydrogen-bond acceptors (Lipinski definition) is 5. The number of ether oxygens (including phenoxy) is 2. The first kappa shape index (κ1) is 19.7. The van der Waals surface area contributed by atoms with Crippen molar-refractivity contribution >= 4 is 11.9 Å². The summed E-state index contributed by atoms with van der Waals surface area (Å²) in [6, 6.07) is 0. The Bertz CT molecular complexity index is 431. The van der Waals surface area contributed by atoms with E-state index in [9.17, 15) is 14.7 Å². The third-order valence-electron chi connectivity index (χ3n) is 4.81. The van der Waals surface area contributed by atoms with Gasteiger partial charge in [0.25, 0.3) is 0 Å². The Labute approximate surface area is 139 Å². The zero-order valence-electron chi connectivity index (χ0n) is 14.9. The van der Waals surface area contributed by atoms with E-state index < -0.39 is 23.0 Å². The molecule has 0 aromatic rings. The summed E-state index contributed by atoms with van der Waals surface area (Å²) in [5.74, 6) is -0.524. The highest BCUT2D eigenvalue weighted by Gasteiger charge is 2.52. The highest BCUT2D eigenvalue weighted by Crippen LogP contribution is 2.46. The number of esters is 2. The minimum Gasteiger partial charge on any atom is -0.468 e. The van der Waals surface area contributed by atoms with E-state index in [0.29, 0.717) is 25.2 Å². The average Bonchev–Trinajstić information content (AvgIpc) is 2.51. The summed E-state index contributed by atoms with van der Waals surface area (Å²) in [4.78, 5) is 24.6. The lowest BCUT2D eigenvalue weighted by molar-refractivity contribution is -0.173. The average molecular weight is 326 g/mol. The lowest BCUT2D eigenvalue weighted by Gasteiger charge is -2.39. The van der Waals surface area contributed by atoms with Crippen molar-refractivity contribution in [3.8, 4) is 0 Å². The summed E-state index contributed by atoms with van der Waals surface area (Å²) < 4.78 is 9.78. The van der Waals surface area contributed by atoms with Crippen molar-refractivity contribution in [2.45, 2.75) is 58.5 Å². The van der Waals surface area contributed by atoms with Crippen LogP contribution in [0.3, 0.4) is 0 Å². The van der Waals surface area contributed by atoms with Gasteiger partial charge in [-0.25, -0.2) is 0 Å². The van der Waals surface area contributed by atoms with Gasteiger partial charge in [-0.1, -0.05) is 25.5 Å². The van der Waals surface area contributed by atoms with Crippen molar-refractivity contribution in [3.05, 3.63) is 12.2 Å². The molecule has 1 saturated carbocycles. The maximum Gasteiger partial charge on any atom is 0.323 e. The van der Waals surface area contributed by atoms with Crippen LogP contribution in [-0.2, 0) is 19.1 Å². The van der Waals surface area contributed by atoms with Crippen LogP contribution in [0.15, 0.2) is 12.2 Å². The summed E-state index contributed by atoms with van der Waals surface area (Å²) in [7, 11) is 2.61. The van der Waals surface area contributed by atoms with Gasteiger partial charge >= 0.3 is 11.9 Å². The Kier molecular flexibility index (Phi) is 6.81. The van der Waals surface area contributed by atoms with Crippen molar-refractivity contribution in [2.24, 2.45) is 17.3 Å². The van der Waals surface area contributed by atoms with Gasteiger partial charge in [0.05, 0.1) is 19.8 Å². The fraction of sp³-hybridized carbons (Fsp3) is 0.778. The second-order valence-corrected chi connectivity index (χ2v) is 7.08. The SMILES string of the molecule is CC[C@@H]1CCC(C(=O)OC)(C(=O)OC)C[C@H]1/C=C/CC(C)(C)O. The number of aliphatic hydroxyl groups is 1. The first-order valence-corrected chi connectivity index (χ1v) is 8.26. The molecule has 0 aliphatic heterocycles. The zero-order valence-corrected chi connectivity index (χ0v) is 14.9.